The van der Waals surface area contributed by atoms with Gasteiger partial charge in [-0.1, -0.05) is 6.92 Å². The quantitative estimate of drug-likeness (QED) is 0.885. The molecule has 0 spiro atoms. The second-order valence-corrected chi connectivity index (χ2v) is 7.34. The van der Waals surface area contributed by atoms with Crippen molar-refractivity contribution in [2.24, 2.45) is 11.8 Å². The van der Waals surface area contributed by atoms with Gasteiger partial charge in [-0.05, 0) is 50.3 Å². The first kappa shape index (κ1) is 17.4. The van der Waals surface area contributed by atoms with E-state index < -0.39 is 0 Å². The summed E-state index contributed by atoms with van der Waals surface area (Å²) in [7, 11) is 0. The lowest BCUT2D eigenvalue weighted by atomic mass is 9.84. The summed E-state index contributed by atoms with van der Waals surface area (Å²) in [6.45, 7) is 9.17. The molecule has 3 heterocycles. The number of rotatable bonds is 5. The van der Waals surface area contributed by atoms with Gasteiger partial charge in [0.2, 0.25) is 5.91 Å². The molecule has 0 saturated carbocycles. The van der Waals surface area contributed by atoms with Crippen LogP contribution in [0.25, 0.3) is 0 Å². The molecule has 2 atom stereocenters. The van der Waals surface area contributed by atoms with Crippen LogP contribution in [0.1, 0.15) is 31.7 Å². The van der Waals surface area contributed by atoms with E-state index in [1.54, 1.807) is 0 Å². The number of hydrogen-bond donors (Lipinski definition) is 1. The van der Waals surface area contributed by atoms with Gasteiger partial charge in [0.25, 0.3) is 0 Å². The molecule has 1 amide bonds. The van der Waals surface area contributed by atoms with E-state index in [-0.39, 0.29) is 12.0 Å². The van der Waals surface area contributed by atoms with Crippen LogP contribution in [0, 0.1) is 18.8 Å². The van der Waals surface area contributed by atoms with E-state index in [1.807, 2.05) is 28.9 Å². The van der Waals surface area contributed by atoms with Gasteiger partial charge >= 0.3 is 0 Å². The Morgan fingerprint density at radius 3 is 2.96 bits per heavy atom. The molecule has 134 valence electrons. The second kappa shape index (κ2) is 8.12. The fourth-order valence-corrected chi connectivity index (χ4v) is 3.82. The number of hydrogen-bond acceptors (Lipinski definition) is 4. The summed E-state index contributed by atoms with van der Waals surface area (Å²) in [5.74, 6) is 1.43. The third-order valence-electron chi connectivity index (χ3n) is 5.33. The van der Waals surface area contributed by atoms with E-state index in [1.165, 1.54) is 12.8 Å². The molecule has 2 aliphatic rings. The minimum Gasteiger partial charge on any atom is -0.373 e. The van der Waals surface area contributed by atoms with Gasteiger partial charge in [-0.15, -0.1) is 0 Å². The zero-order chi connectivity index (χ0) is 16.9. The monoisotopic (exact) mass is 334 g/mol. The Hall–Kier alpha value is -1.40. The van der Waals surface area contributed by atoms with Crippen molar-refractivity contribution in [2.75, 3.05) is 32.8 Å². The average Bonchev–Trinajstić information content (AvgIpc) is 3.00. The van der Waals surface area contributed by atoms with Crippen LogP contribution in [-0.4, -0.2) is 59.5 Å². The Kier molecular flexibility index (Phi) is 5.89. The van der Waals surface area contributed by atoms with E-state index in [0.29, 0.717) is 44.5 Å². The van der Waals surface area contributed by atoms with Crippen molar-refractivity contribution in [3.8, 4) is 0 Å². The van der Waals surface area contributed by atoms with Crippen molar-refractivity contribution < 1.29 is 9.53 Å². The highest BCUT2D eigenvalue weighted by molar-refractivity contribution is 5.76. The van der Waals surface area contributed by atoms with Crippen LogP contribution in [0.4, 0.5) is 0 Å². The lowest BCUT2D eigenvalue weighted by molar-refractivity contribution is -0.140. The maximum Gasteiger partial charge on any atom is 0.223 e. The fourth-order valence-electron chi connectivity index (χ4n) is 3.82. The predicted molar refractivity (Wildman–Crippen MR) is 92.7 cm³/mol. The predicted octanol–water partition coefficient (Wildman–Crippen LogP) is 1.44. The third-order valence-corrected chi connectivity index (χ3v) is 5.33. The van der Waals surface area contributed by atoms with E-state index >= 15 is 0 Å². The minimum absolute atomic E-state index is 0.0381. The summed E-state index contributed by atoms with van der Waals surface area (Å²) in [5, 5.41) is 7.71. The molecule has 2 aliphatic heterocycles. The Labute approximate surface area is 144 Å². The summed E-state index contributed by atoms with van der Waals surface area (Å²) in [6, 6.07) is 0. The molecule has 6 nitrogen and oxygen atoms in total. The van der Waals surface area contributed by atoms with Gasteiger partial charge in [0.15, 0.2) is 0 Å². The maximum atomic E-state index is 12.7. The van der Waals surface area contributed by atoms with Gasteiger partial charge in [0.05, 0.1) is 25.5 Å². The largest absolute Gasteiger partial charge is 0.373 e. The number of aromatic nitrogens is 2. The lowest BCUT2D eigenvalue weighted by Gasteiger charge is -2.35. The van der Waals surface area contributed by atoms with Crippen LogP contribution in [-0.2, 0) is 16.1 Å². The number of carbonyl (C=O) groups excluding carboxylic acids is 1. The smallest absolute Gasteiger partial charge is 0.223 e. The highest BCUT2D eigenvalue weighted by Gasteiger charge is 2.28. The first-order valence-electron chi connectivity index (χ1n) is 9.21. The number of ether oxygens (including phenoxy) is 1. The first-order chi connectivity index (χ1) is 11.6. The van der Waals surface area contributed by atoms with Crippen LogP contribution in [0.3, 0.4) is 0 Å². The van der Waals surface area contributed by atoms with Crippen molar-refractivity contribution in [3.05, 3.63) is 18.0 Å². The number of aryl methyl sites for hydroxylation is 1. The molecule has 6 heteroatoms. The Balaban J connectivity index is 1.49. The van der Waals surface area contributed by atoms with E-state index in [9.17, 15) is 4.79 Å². The molecule has 0 radical (unpaired) electrons. The van der Waals surface area contributed by atoms with E-state index in [0.717, 1.165) is 18.7 Å². The van der Waals surface area contributed by atoms with Crippen molar-refractivity contribution >= 4 is 5.91 Å². The van der Waals surface area contributed by atoms with Gasteiger partial charge < -0.3 is 15.0 Å². The van der Waals surface area contributed by atoms with Crippen molar-refractivity contribution in [3.63, 3.8) is 0 Å². The molecule has 2 unspecified atom stereocenters. The number of nitrogens with zero attached hydrogens (tertiary/aromatic N) is 3. The zero-order valence-corrected chi connectivity index (χ0v) is 14.9. The Morgan fingerprint density at radius 1 is 1.46 bits per heavy atom. The van der Waals surface area contributed by atoms with Crippen LogP contribution in [0.15, 0.2) is 12.4 Å². The highest BCUT2D eigenvalue weighted by atomic mass is 16.5. The number of carbonyl (C=O) groups is 1. The number of morpholine rings is 1. The van der Waals surface area contributed by atoms with E-state index in [4.69, 9.17) is 4.74 Å². The van der Waals surface area contributed by atoms with Gasteiger partial charge in [0, 0.05) is 25.7 Å². The average molecular weight is 334 g/mol. The molecule has 0 aromatic carbocycles. The standard InChI is InChI=1S/C18H30N4O2/c1-14-10-20-22(11-14)13-17-12-21(7-8-24-17)18(23)9-15(2)16-3-5-19-6-4-16/h10-11,15-17,19H,3-9,12-13H2,1-2H3. The molecule has 2 saturated heterocycles. The second-order valence-electron chi connectivity index (χ2n) is 7.34. The molecule has 0 bridgehead atoms. The molecule has 1 N–H and O–H groups in total. The molecular formula is C18H30N4O2. The summed E-state index contributed by atoms with van der Waals surface area (Å²) >= 11 is 0. The Bertz CT molecular complexity index is 539. The molecule has 1 aromatic heterocycles. The third kappa shape index (κ3) is 4.57. The van der Waals surface area contributed by atoms with Gasteiger partial charge in [-0.3, -0.25) is 9.48 Å². The van der Waals surface area contributed by atoms with Crippen molar-refractivity contribution in [2.45, 2.75) is 45.8 Å². The summed E-state index contributed by atoms with van der Waals surface area (Å²) in [6.07, 6.45) is 6.96. The molecule has 2 fully saturated rings. The van der Waals surface area contributed by atoms with Crippen LogP contribution in [0.5, 0.6) is 0 Å². The number of nitrogens with one attached hydrogen (secondary N) is 1. The SMILES string of the molecule is Cc1cnn(CC2CN(C(=O)CC(C)C3CCNCC3)CCO2)c1. The molecule has 24 heavy (non-hydrogen) atoms. The van der Waals surface area contributed by atoms with Crippen LogP contribution in [0.2, 0.25) is 0 Å². The zero-order valence-electron chi connectivity index (χ0n) is 14.9. The van der Waals surface area contributed by atoms with Crippen LogP contribution < -0.4 is 5.32 Å². The number of piperidine rings is 1. The first-order valence-corrected chi connectivity index (χ1v) is 9.21. The van der Waals surface area contributed by atoms with Gasteiger partial charge in [-0.25, -0.2) is 0 Å². The van der Waals surface area contributed by atoms with Crippen LogP contribution >= 0.6 is 0 Å². The van der Waals surface area contributed by atoms with Gasteiger partial charge in [0.1, 0.15) is 0 Å². The topological polar surface area (TPSA) is 59.4 Å². The number of amides is 1. The van der Waals surface area contributed by atoms with Crippen molar-refractivity contribution in [1.29, 1.82) is 0 Å². The molecule has 0 aliphatic carbocycles. The van der Waals surface area contributed by atoms with Crippen molar-refractivity contribution in [1.82, 2.24) is 20.0 Å². The van der Waals surface area contributed by atoms with Gasteiger partial charge in [-0.2, -0.15) is 5.10 Å². The molecule has 3 rings (SSSR count). The maximum absolute atomic E-state index is 12.7. The summed E-state index contributed by atoms with van der Waals surface area (Å²) in [4.78, 5) is 14.7. The highest BCUT2D eigenvalue weighted by Crippen LogP contribution is 2.25. The summed E-state index contributed by atoms with van der Waals surface area (Å²) < 4.78 is 7.74. The molecule has 1 aromatic rings. The Morgan fingerprint density at radius 2 is 2.25 bits per heavy atom. The lowest BCUT2D eigenvalue weighted by Crippen LogP contribution is -2.47. The molecular weight excluding hydrogens is 304 g/mol. The minimum atomic E-state index is 0.0381. The normalized spacial score (nSPS) is 24.1. The summed E-state index contributed by atoms with van der Waals surface area (Å²) in [5.41, 5.74) is 1.15. The fraction of sp³-hybridized carbons (Fsp3) is 0.778. The van der Waals surface area contributed by atoms with E-state index in [2.05, 4.69) is 17.3 Å².